The van der Waals surface area contributed by atoms with E-state index in [0.717, 1.165) is 44.0 Å². The Morgan fingerprint density at radius 3 is 3.17 bits per heavy atom. The van der Waals surface area contributed by atoms with Gasteiger partial charge in [-0.25, -0.2) is 4.98 Å². The van der Waals surface area contributed by atoms with Crippen molar-refractivity contribution in [2.24, 2.45) is 11.8 Å². The van der Waals surface area contributed by atoms with Gasteiger partial charge in [0, 0.05) is 19.2 Å². The fraction of sp³-hybridized carbons (Fsp3) is 0.692. The Bertz CT molecular complexity index is 449. The standard InChI is InChI=1S/C13H19N3O2/c17-13(18)10-2-4-16-8-11(15-12(16)6-10)5-9-1-3-14-7-9/h8-10,14H,1-7H2,(H,17,18). The molecule has 0 amide bonds. The molecular weight excluding hydrogens is 230 g/mol. The summed E-state index contributed by atoms with van der Waals surface area (Å²) in [5.41, 5.74) is 1.13. The van der Waals surface area contributed by atoms with Crippen molar-refractivity contribution in [2.45, 2.75) is 32.2 Å². The van der Waals surface area contributed by atoms with Crippen LogP contribution in [0.5, 0.6) is 0 Å². The molecule has 1 fully saturated rings. The van der Waals surface area contributed by atoms with Crippen molar-refractivity contribution in [3.05, 3.63) is 17.7 Å². The summed E-state index contributed by atoms with van der Waals surface area (Å²) < 4.78 is 2.14. The van der Waals surface area contributed by atoms with Crippen LogP contribution in [0.2, 0.25) is 0 Å². The second-order valence-corrected chi connectivity index (χ2v) is 5.43. The van der Waals surface area contributed by atoms with Crippen LogP contribution in [0, 0.1) is 11.8 Å². The molecule has 0 spiro atoms. The number of carbonyl (C=O) groups is 1. The van der Waals surface area contributed by atoms with Gasteiger partial charge in [-0.1, -0.05) is 0 Å². The van der Waals surface area contributed by atoms with E-state index >= 15 is 0 Å². The summed E-state index contributed by atoms with van der Waals surface area (Å²) in [6.45, 7) is 2.99. The van der Waals surface area contributed by atoms with Crippen LogP contribution in [-0.2, 0) is 24.2 Å². The van der Waals surface area contributed by atoms with Crippen LogP contribution < -0.4 is 5.32 Å². The second kappa shape index (κ2) is 4.72. The topological polar surface area (TPSA) is 67.2 Å². The molecule has 1 aromatic heterocycles. The van der Waals surface area contributed by atoms with Crippen molar-refractivity contribution in [1.29, 1.82) is 0 Å². The van der Waals surface area contributed by atoms with Gasteiger partial charge in [-0.2, -0.15) is 0 Å². The highest BCUT2D eigenvalue weighted by Gasteiger charge is 2.26. The first-order chi connectivity index (χ1) is 8.72. The average Bonchev–Trinajstić information content (AvgIpc) is 2.96. The summed E-state index contributed by atoms with van der Waals surface area (Å²) in [6, 6.07) is 0. The molecule has 0 aliphatic carbocycles. The molecule has 0 saturated carbocycles. The van der Waals surface area contributed by atoms with Gasteiger partial charge in [-0.15, -0.1) is 0 Å². The average molecular weight is 249 g/mol. The molecule has 2 N–H and O–H groups in total. The maximum Gasteiger partial charge on any atom is 0.307 e. The maximum atomic E-state index is 11.0. The highest BCUT2D eigenvalue weighted by Crippen LogP contribution is 2.22. The third kappa shape index (κ3) is 2.27. The van der Waals surface area contributed by atoms with E-state index in [1.54, 1.807) is 0 Å². The van der Waals surface area contributed by atoms with Gasteiger partial charge >= 0.3 is 5.97 Å². The highest BCUT2D eigenvalue weighted by molar-refractivity contribution is 5.70. The fourth-order valence-electron chi connectivity index (χ4n) is 2.98. The number of carboxylic acid groups (broad SMARTS) is 1. The Kier molecular flexibility index (Phi) is 3.07. The molecule has 18 heavy (non-hydrogen) atoms. The number of nitrogens with zero attached hydrogens (tertiary/aromatic N) is 2. The molecular formula is C13H19N3O2. The maximum absolute atomic E-state index is 11.0. The van der Waals surface area contributed by atoms with Gasteiger partial charge in [0.25, 0.3) is 0 Å². The lowest BCUT2D eigenvalue weighted by atomic mass is 9.98. The largest absolute Gasteiger partial charge is 0.481 e. The molecule has 0 aromatic carbocycles. The van der Waals surface area contributed by atoms with Crippen molar-refractivity contribution < 1.29 is 9.90 Å². The van der Waals surface area contributed by atoms with Crippen molar-refractivity contribution in [2.75, 3.05) is 13.1 Å². The van der Waals surface area contributed by atoms with Crippen LogP contribution in [0.3, 0.4) is 0 Å². The Hall–Kier alpha value is -1.36. The smallest absolute Gasteiger partial charge is 0.307 e. The first kappa shape index (κ1) is 11.7. The van der Waals surface area contributed by atoms with Crippen LogP contribution in [0.25, 0.3) is 0 Å². The molecule has 5 nitrogen and oxygen atoms in total. The van der Waals surface area contributed by atoms with Gasteiger partial charge in [-0.3, -0.25) is 4.79 Å². The minimum Gasteiger partial charge on any atom is -0.481 e. The number of fused-ring (bicyclic) bond motifs is 1. The number of carboxylic acids is 1. The molecule has 3 rings (SSSR count). The molecule has 0 bridgehead atoms. The minimum atomic E-state index is -0.689. The number of aryl methyl sites for hydroxylation is 1. The summed E-state index contributed by atoms with van der Waals surface area (Å²) in [5.74, 6) is 0.707. The Labute approximate surface area is 106 Å². The molecule has 2 atom stereocenters. The van der Waals surface area contributed by atoms with Crippen molar-refractivity contribution >= 4 is 5.97 Å². The third-order valence-electron chi connectivity index (χ3n) is 4.07. The number of nitrogens with one attached hydrogen (secondary N) is 1. The van der Waals surface area contributed by atoms with Crippen LogP contribution in [0.1, 0.15) is 24.4 Å². The number of aliphatic carboxylic acids is 1. The van der Waals surface area contributed by atoms with E-state index in [1.165, 1.54) is 6.42 Å². The van der Waals surface area contributed by atoms with E-state index < -0.39 is 5.97 Å². The highest BCUT2D eigenvalue weighted by atomic mass is 16.4. The van der Waals surface area contributed by atoms with Gasteiger partial charge in [0.05, 0.1) is 11.6 Å². The number of hydrogen-bond donors (Lipinski definition) is 2. The molecule has 2 aliphatic heterocycles. The van der Waals surface area contributed by atoms with Gasteiger partial charge in [0.15, 0.2) is 0 Å². The summed E-state index contributed by atoms with van der Waals surface area (Å²) >= 11 is 0. The zero-order chi connectivity index (χ0) is 12.5. The monoisotopic (exact) mass is 249 g/mol. The van der Waals surface area contributed by atoms with Gasteiger partial charge in [-0.05, 0) is 38.3 Å². The zero-order valence-electron chi connectivity index (χ0n) is 10.4. The first-order valence-electron chi connectivity index (χ1n) is 6.71. The molecule has 2 unspecified atom stereocenters. The van der Waals surface area contributed by atoms with E-state index in [2.05, 4.69) is 21.1 Å². The van der Waals surface area contributed by atoms with Gasteiger partial charge in [0.1, 0.15) is 5.82 Å². The van der Waals surface area contributed by atoms with Crippen molar-refractivity contribution in [3.8, 4) is 0 Å². The zero-order valence-corrected chi connectivity index (χ0v) is 10.4. The molecule has 1 aromatic rings. The second-order valence-electron chi connectivity index (χ2n) is 5.43. The van der Waals surface area contributed by atoms with E-state index in [9.17, 15) is 4.79 Å². The predicted octanol–water partition coefficient (Wildman–Crippen LogP) is 0.682. The third-order valence-corrected chi connectivity index (χ3v) is 4.07. The summed E-state index contributed by atoms with van der Waals surface area (Å²) in [4.78, 5) is 15.6. The van der Waals surface area contributed by atoms with Crippen LogP contribution in [-0.4, -0.2) is 33.7 Å². The lowest BCUT2D eigenvalue weighted by Crippen LogP contribution is -2.25. The van der Waals surface area contributed by atoms with E-state index in [1.807, 2.05) is 0 Å². The lowest BCUT2D eigenvalue weighted by Gasteiger charge is -2.19. The molecule has 2 aliphatic rings. The molecule has 1 saturated heterocycles. The molecule has 0 radical (unpaired) electrons. The van der Waals surface area contributed by atoms with Crippen LogP contribution in [0.15, 0.2) is 6.20 Å². The van der Waals surface area contributed by atoms with Crippen molar-refractivity contribution in [3.63, 3.8) is 0 Å². The Balaban J connectivity index is 1.70. The number of hydrogen-bond acceptors (Lipinski definition) is 3. The Morgan fingerprint density at radius 1 is 1.56 bits per heavy atom. The first-order valence-corrected chi connectivity index (χ1v) is 6.71. The summed E-state index contributed by atoms with van der Waals surface area (Å²) in [6.07, 6.45) is 5.66. The van der Waals surface area contributed by atoms with Gasteiger partial charge < -0.3 is 15.0 Å². The molecule has 5 heteroatoms. The number of rotatable bonds is 3. The number of imidazole rings is 1. The van der Waals surface area contributed by atoms with E-state index in [0.29, 0.717) is 12.3 Å². The molecule has 98 valence electrons. The van der Waals surface area contributed by atoms with Gasteiger partial charge in [0.2, 0.25) is 0 Å². The lowest BCUT2D eigenvalue weighted by molar-refractivity contribution is -0.142. The van der Waals surface area contributed by atoms with E-state index in [4.69, 9.17) is 5.11 Å². The number of aromatic nitrogens is 2. The SMILES string of the molecule is O=C(O)C1CCn2cc(CC3CCNC3)nc2C1. The van der Waals surface area contributed by atoms with Crippen LogP contribution in [0.4, 0.5) is 0 Å². The summed E-state index contributed by atoms with van der Waals surface area (Å²) in [7, 11) is 0. The van der Waals surface area contributed by atoms with Crippen molar-refractivity contribution in [1.82, 2.24) is 14.9 Å². The normalized spacial score (nSPS) is 27.1. The van der Waals surface area contributed by atoms with E-state index in [-0.39, 0.29) is 5.92 Å². The molecule has 3 heterocycles. The predicted molar refractivity (Wildman–Crippen MR) is 66.4 cm³/mol. The quantitative estimate of drug-likeness (QED) is 0.826. The fourth-order valence-corrected chi connectivity index (χ4v) is 2.98. The van der Waals surface area contributed by atoms with Crippen LogP contribution >= 0.6 is 0 Å². The summed E-state index contributed by atoms with van der Waals surface area (Å²) in [5, 5.41) is 12.4. The Morgan fingerprint density at radius 2 is 2.44 bits per heavy atom. The minimum absolute atomic E-state index is 0.249.